The minimum absolute atomic E-state index is 0.164. The molecule has 2 rings (SSSR count). The number of ether oxygens (including phenoxy) is 4. The Labute approximate surface area is 168 Å². The molecule has 1 heterocycles. The van der Waals surface area contributed by atoms with Crippen molar-refractivity contribution in [3.8, 4) is 17.2 Å². The van der Waals surface area contributed by atoms with Crippen molar-refractivity contribution in [3.63, 3.8) is 0 Å². The van der Waals surface area contributed by atoms with E-state index in [2.05, 4.69) is 5.32 Å². The van der Waals surface area contributed by atoms with Gasteiger partial charge in [0.2, 0.25) is 5.75 Å². The largest absolute Gasteiger partial charge is 0.493 e. The van der Waals surface area contributed by atoms with Crippen molar-refractivity contribution in [2.75, 3.05) is 27.9 Å². The minimum Gasteiger partial charge on any atom is -0.493 e. The average molecular weight is 404 g/mol. The topological polar surface area (TPSA) is 105 Å². The van der Waals surface area contributed by atoms with Crippen molar-refractivity contribution in [2.24, 2.45) is 7.05 Å². The number of esters is 1. The van der Waals surface area contributed by atoms with Crippen LogP contribution < -0.4 is 19.5 Å². The number of benzene rings is 1. The maximum atomic E-state index is 12.1. The fourth-order valence-corrected chi connectivity index (χ4v) is 2.65. The molecule has 0 spiro atoms. The van der Waals surface area contributed by atoms with E-state index in [1.165, 1.54) is 45.1 Å². The van der Waals surface area contributed by atoms with Gasteiger partial charge in [-0.1, -0.05) is 0 Å². The predicted molar refractivity (Wildman–Crippen MR) is 104 cm³/mol. The molecule has 0 aliphatic carbocycles. The summed E-state index contributed by atoms with van der Waals surface area (Å²) in [5.74, 6) is 0.0466. The van der Waals surface area contributed by atoms with E-state index in [1.807, 2.05) is 0 Å². The van der Waals surface area contributed by atoms with Gasteiger partial charge in [-0.25, -0.2) is 4.79 Å². The molecule has 1 aromatic carbocycles. The van der Waals surface area contributed by atoms with Crippen LogP contribution in [-0.4, -0.2) is 50.2 Å². The second-order valence-corrected chi connectivity index (χ2v) is 6.17. The first kappa shape index (κ1) is 21.8. The van der Waals surface area contributed by atoms with E-state index in [0.29, 0.717) is 28.4 Å². The molecule has 0 aliphatic heterocycles. The molecule has 1 N–H and O–H groups in total. The summed E-state index contributed by atoms with van der Waals surface area (Å²) in [5, 5.41) is 2.65. The number of methoxy groups -OCH3 is 3. The number of nitrogens with one attached hydrogen (secondary N) is 1. The normalized spacial score (nSPS) is 10.2. The molecular formula is C20H24N2O7. The first-order valence-corrected chi connectivity index (χ1v) is 8.70. The number of amides is 1. The van der Waals surface area contributed by atoms with Crippen LogP contribution in [0.3, 0.4) is 0 Å². The minimum atomic E-state index is -0.692. The van der Waals surface area contributed by atoms with Gasteiger partial charge in [0.15, 0.2) is 23.9 Å². The van der Waals surface area contributed by atoms with Gasteiger partial charge in [0.25, 0.3) is 5.91 Å². The van der Waals surface area contributed by atoms with Gasteiger partial charge in [-0.3, -0.25) is 9.59 Å². The van der Waals surface area contributed by atoms with Gasteiger partial charge >= 0.3 is 5.97 Å². The molecule has 0 saturated carbocycles. The van der Waals surface area contributed by atoms with Crippen molar-refractivity contribution >= 4 is 17.7 Å². The Bertz CT molecular complexity index is 893. The Hall–Kier alpha value is -3.49. The number of hydrogen-bond donors (Lipinski definition) is 1. The molecular weight excluding hydrogens is 380 g/mol. The zero-order valence-electron chi connectivity index (χ0n) is 17.0. The van der Waals surface area contributed by atoms with Gasteiger partial charge in [-0.2, -0.15) is 0 Å². The van der Waals surface area contributed by atoms with Crippen LogP contribution in [0.1, 0.15) is 33.3 Å². The average Bonchev–Trinajstić information content (AvgIpc) is 3.11. The number of hydrogen-bond acceptors (Lipinski definition) is 7. The van der Waals surface area contributed by atoms with Gasteiger partial charge in [-0.05, 0) is 30.7 Å². The summed E-state index contributed by atoms with van der Waals surface area (Å²) < 4.78 is 22.3. The Balaban J connectivity index is 1.95. The number of rotatable bonds is 9. The number of nitrogens with zero attached hydrogens (tertiary/aromatic N) is 1. The van der Waals surface area contributed by atoms with Gasteiger partial charge in [0, 0.05) is 25.4 Å². The van der Waals surface area contributed by atoms with E-state index in [9.17, 15) is 14.4 Å². The highest BCUT2D eigenvalue weighted by Crippen LogP contribution is 2.38. The number of Topliss-reactive ketones (excluding diaryl/α,β-unsaturated/α-hetero) is 1. The van der Waals surface area contributed by atoms with Crippen LogP contribution in [0.15, 0.2) is 24.4 Å². The van der Waals surface area contributed by atoms with Gasteiger partial charge in [-0.15, -0.1) is 0 Å². The van der Waals surface area contributed by atoms with Crippen molar-refractivity contribution in [2.45, 2.75) is 13.5 Å². The lowest BCUT2D eigenvalue weighted by Gasteiger charge is -2.14. The summed E-state index contributed by atoms with van der Waals surface area (Å²) in [6, 6.07) is 4.85. The summed E-state index contributed by atoms with van der Waals surface area (Å²) >= 11 is 0. The third-order valence-electron chi connectivity index (χ3n) is 4.17. The van der Waals surface area contributed by atoms with Crippen LogP contribution in [0, 0.1) is 0 Å². The van der Waals surface area contributed by atoms with Crippen molar-refractivity contribution < 1.29 is 33.3 Å². The maximum absolute atomic E-state index is 12.1. The molecule has 156 valence electrons. The van der Waals surface area contributed by atoms with Crippen molar-refractivity contribution in [3.05, 3.63) is 41.2 Å². The second-order valence-electron chi connectivity index (χ2n) is 6.17. The quantitative estimate of drug-likeness (QED) is 0.501. The lowest BCUT2D eigenvalue weighted by molar-refractivity contribution is -0.124. The number of aryl methyl sites for hydroxylation is 1. The van der Waals surface area contributed by atoms with E-state index < -0.39 is 18.5 Å². The Morgan fingerprint density at radius 1 is 1.00 bits per heavy atom. The molecule has 0 bridgehead atoms. The summed E-state index contributed by atoms with van der Waals surface area (Å²) in [4.78, 5) is 35.6. The summed E-state index contributed by atoms with van der Waals surface area (Å²) in [7, 11) is 6.12. The molecule has 9 nitrogen and oxygen atoms in total. The number of ketones is 1. The van der Waals surface area contributed by atoms with Crippen molar-refractivity contribution in [1.82, 2.24) is 9.88 Å². The molecule has 2 aromatic rings. The molecule has 0 radical (unpaired) electrons. The van der Waals surface area contributed by atoms with Crippen LogP contribution in [0.4, 0.5) is 0 Å². The highest BCUT2D eigenvalue weighted by molar-refractivity contribution is 5.98. The van der Waals surface area contributed by atoms with Gasteiger partial charge in [0.1, 0.15) is 5.69 Å². The van der Waals surface area contributed by atoms with Crippen LogP contribution >= 0.6 is 0 Å². The zero-order chi connectivity index (χ0) is 21.6. The van der Waals surface area contributed by atoms with E-state index >= 15 is 0 Å². The molecule has 0 fully saturated rings. The monoisotopic (exact) mass is 404 g/mol. The fraction of sp³-hybridized carbons (Fsp3) is 0.350. The fourth-order valence-electron chi connectivity index (χ4n) is 2.65. The predicted octanol–water partition coefficient (Wildman–Crippen LogP) is 1.73. The molecule has 0 saturated heterocycles. The highest BCUT2D eigenvalue weighted by Gasteiger charge is 2.17. The van der Waals surface area contributed by atoms with Crippen LogP contribution in [-0.2, 0) is 23.1 Å². The molecule has 9 heteroatoms. The van der Waals surface area contributed by atoms with E-state index in [4.69, 9.17) is 18.9 Å². The first-order chi connectivity index (χ1) is 13.8. The Morgan fingerprint density at radius 3 is 2.10 bits per heavy atom. The second kappa shape index (κ2) is 9.63. The molecule has 0 aliphatic rings. The van der Waals surface area contributed by atoms with Crippen LogP contribution in [0.5, 0.6) is 17.2 Å². The Kier molecular flexibility index (Phi) is 7.24. The van der Waals surface area contributed by atoms with E-state index in [-0.39, 0.29) is 18.0 Å². The molecule has 0 unspecified atom stereocenters. The number of aromatic nitrogens is 1. The number of carbonyl (C=O) groups excluding carboxylic acids is 3. The third-order valence-corrected chi connectivity index (χ3v) is 4.17. The maximum Gasteiger partial charge on any atom is 0.355 e. The SMILES string of the molecule is COc1cc(CNC(=O)COC(=O)c2cc(C(C)=O)cn2C)cc(OC)c1OC. The molecule has 29 heavy (non-hydrogen) atoms. The summed E-state index contributed by atoms with van der Waals surface area (Å²) in [5.41, 5.74) is 1.30. The molecule has 0 atom stereocenters. The van der Waals surface area contributed by atoms with Crippen LogP contribution in [0.2, 0.25) is 0 Å². The van der Waals surface area contributed by atoms with E-state index in [0.717, 1.165) is 0 Å². The van der Waals surface area contributed by atoms with E-state index in [1.54, 1.807) is 19.2 Å². The lowest BCUT2D eigenvalue weighted by atomic mass is 10.1. The summed E-state index contributed by atoms with van der Waals surface area (Å²) in [6.45, 7) is 1.12. The highest BCUT2D eigenvalue weighted by atomic mass is 16.5. The standard InChI is InChI=1S/C20H24N2O7/c1-12(23)14-8-15(22(2)10-14)20(25)29-11-18(24)21-9-13-6-16(26-3)19(28-5)17(7-13)27-4/h6-8,10H,9,11H2,1-5H3,(H,21,24). The Morgan fingerprint density at radius 2 is 1.62 bits per heavy atom. The molecule has 1 amide bonds. The third kappa shape index (κ3) is 5.28. The van der Waals surface area contributed by atoms with Gasteiger partial charge < -0.3 is 28.8 Å². The zero-order valence-corrected chi connectivity index (χ0v) is 17.0. The smallest absolute Gasteiger partial charge is 0.355 e. The van der Waals surface area contributed by atoms with Gasteiger partial charge in [0.05, 0.1) is 21.3 Å². The lowest BCUT2D eigenvalue weighted by Crippen LogP contribution is -2.28. The summed E-state index contributed by atoms with van der Waals surface area (Å²) in [6.07, 6.45) is 1.53. The first-order valence-electron chi connectivity index (χ1n) is 8.70. The molecule has 1 aromatic heterocycles. The van der Waals surface area contributed by atoms with Crippen molar-refractivity contribution in [1.29, 1.82) is 0 Å². The van der Waals surface area contributed by atoms with Crippen LogP contribution in [0.25, 0.3) is 0 Å². The number of carbonyl (C=O) groups is 3.